The SMILES string of the molecule is CC1(C)NC(=O)N(CC(=O)Nc2ccc(N)cc2Cl)C1=O. The second kappa shape index (κ2) is 5.25. The third-order valence-corrected chi connectivity index (χ3v) is 3.33. The first-order valence-electron chi connectivity index (χ1n) is 6.20. The van der Waals surface area contributed by atoms with E-state index in [1.54, 1.807) is 26.0 Å². The lowest BCUT2D eigenvalue weighted by Crippen LogP contribution is -2.41. The van der Waals surface area contributed by atoms with Crippen LogP contribution in [0.3, 0.4) is 0 Å². The standard InChI is InChI=1S/C13H15ClN4O3/c1-13(2)11(20)18(12(21)17-13)6-10(19)16-9-4-3-7(15)5-8(9)14/h3-5H,6,15H2,1-2H3,(H,16,19)(H,17,21). The third-order valence-electron chi connectivity index (χ3n) is 3.01. The number of carbonyl (C=O) groups is 3. The highest BCUT2D eigenvalue weighted by molar-refractivity contribution is 6.34. The van der Waals surface area contributed by atoms with Crippen LogP contribution < -0.4 is 16.4 Å². The summed E-state index contributed by atoms with van der Waals surface area (Å²) in [6.07, 6.45) is 0. The van der Waals surface area contributed by atoms with E-state index in [1.807, 2.05) is 0 Å². The Hall–Kier alpha value is -2.28. The Kier molecular flexibility index (Phi) is 3.78. The molecule has 0 bridgehead atoms. The molecule has 8 heteroatoms. The average Bonchev–Trinajstić information content (AvgIpc) is 2.55. The number of hydrogen-bond acceptors (Lipinski definition) is 4. The van der Waals surface area contributed by atoms with Crippen LogP contribution in [0.25, 0.3) is 0 Å². The molecule has 1 aromatic carbocycles. The lowest BCUT2D eigenvalue weighted by atomic mass is 10.1. The smallest absolute Gasteiger partial charge is 0.325 e. The van der Waals surface area contributed by atoms with Crippen LogP contribution >= 0.6 is 11.6 Å². The van der Waals surface area contributed by atoms with Gasteiger partial charge < -0.3 is 16.4 Å². The van der Waals surface area contributed by atoms with E-state index in [1.165, 1.54) is 6.07 Å². The van der Waals surface area contributed by atoms with Gasteiger partial charge in [-0.1, -0.05) is 11.6 Å². The summed E-state index contributed by atoms with van der Waals surface area (Å²) in [6, 6.07) is 4.03. The van der Waals surface area contributed by atoms with E-state index in [0.29, 0.717) is 11.4 Å². The molecule has 0 spiro atoms. The van der Waals surface area contributed by atoms with E-state index < -0.39 is 23.4 Å². The van der Waals surface area contributed by atoms with Gasteiger partial charge >= 0.3 is 6.03 Å². The van der Waals surface area contributed by atoms with Crippen molar-refractivity contribution in [3.05, 3.63) is 23.2 Å². The summed E-state index contributed by atoms with van der Waals surface area (Å²) in [5.41, 5.74) is 5.38. The first-order valence-corrected chi connectivity index (χ1v) is 6.57. The highest BCUT2D eigenvalue weighted by Gasteiger charge is 2.44. The molecular formula is C13H15ClN4O3. The first kappa shape index (κ1) is 15.1. The maximum atomic E-state index is 12.0. The van der Waals surface area contributed by atoms with Crippen molar-refractivity contribution < 1.29 is 14.4 Å². The van der Waals surface area contributed by atoms with Crippen molar-refractivity contribution in [3.63, 3.8) is 0 Å². The number of nitrogens with one attached hydrogen (secondary N) is 2. The second-order valence-corrected chi connectivity index (χ2v) is 5.64. The number of amides is 4. The average molecular weight is 311 g/mol. The van der Waals surface area contributed by atoms with Crippen LogP contribution in [0.2, 0.25) is 5.02 Å². The lowest BCUT2D eigenvalue weighted by molar-refractivity contribution is -0.132. The van der Waals surface area contributed by atoms with Gasteiger partial charge in [0.2, 0.25) is 5.91 Å². The summed E-state index contributed by atoms with van der Waals surface area (Å²) in [4.78, 5) is 36.4. The van der Waals surface area contributed by atoms with Gasteiger partial charge in [0.1, 0.15) is 12.1 Å². The summed E-state index contributed by atoms with van der Waals surface area (Å²) >= 11 is 5.94. The number of hydrogen-bond donors (Lipinski definition) is 3. The van der Waals surface area contributed by atoms with Gasteiger partial charge in [0.15, 0.2) is 0 Å². The number of urea groups is 1. The van der Waals surface area contributed by atoms with Crippen molar-refractivity contribution in [3.8, 4) is 0 Å². The molecule has 0 radical (unpaired) electrons. The molecule has 0 saturated carbocycles. The summed E-state index contributed by atoms with van der Waals surface area (Å²) in [5.74, 6) is -0.978. The van der Waals surface area contributed by atoms with Gasteiger partial charge in [-0.05, 0) is 32.0 Å². The number of anilines is 2. The van der Waals surface area contributed by atoms with E-state index in [0.717, 1.165) is 4.90 Å². The van der Waals surface area contributed by atoms with Gasteiger partial charge in [0.25, 0.3) is 5.91 Å². The van der Waals surface area contributed by atoms with Crippen LogP contribution in [0, 0.1) is 0 Å². The number of benzene rings is 1. The fraction of sp³-hybridized carbons (Fsp3) is 0.308. The molecule has 2 rings (SSSR count). The number of nitrogens with zero attached hydrogens (tertiary/aromatic N) is 1. The molecule has 1 fully saturated rings. The fourth-order valence-corrected chi connectivity index (χ4v) is 2.16. The maximum absolute atomic E-state index is 12.0. The van der Waals surface area contributed by atoms with Crippen molar-refractivity contribution in [1.82, 2.24) is 10.2 Å². The van der Waals surface area contributed by atoms with Gasteiger partial charge in [0, 0.05) is 5.69 Å². The molecule has 1 aliphatic rings. The van der Waals surface area contributed by atoms with Crippen molar-refractivity contribution in [2.24, 2.45) is 0 Å². The molecule has 1 heterocycles. The van der Waals surface area contributed by atoms with Crippen LogP contribution in [-0.4, -0.2) is 34.8 Å². The predicted molar refractivity (Wildman–Crippen MR) is 78.8 cm³/mol. The van der Waals surface area contributed by atoms with Crippen molar-refractivity contribution in [2.75, 3.05) is 17.6 Å². The van der Waals surface area contributed by atoms with Crippen molar-refractivity contribution in [2.45, 2.75) is 19.4 Å². The van der Waals surface area contributed by atoms with E-state index in [2.05, 4.69) is 10.6 Å². The molecule has 0 atom stereocenters. The molecule has 0 aliphatic carbocycles. The number of nitrogens with two attached hydrogens (primary N) is 1. The molecule has 112 valence electrons. The number of nitrogen functional groups attached to an aromatic ring is 1. The van der Waals surface area contributed by atoms with Crippen molar-refractivity contribution >= 4 is 40.8 Å². The molecule has 0 unspecified atom stereocenters. The van der Waals surface area contributed by atoms with E-state index in [-0.39, 0.29) is 11.6 Å². The monoisotopic (exact) mass is 310 g/mol. The highest BCUT2D eigenvalue weighted by atomic mass is 35.5. The minimum absolute atomic E-state index is 0.279. The van der Waals surface area contributed by atoms with Gasteiger partial charge in [-0.3, -0.25) is 14.5 Å². The van der Waals surface area contributed by atoms with Crippen LogP contribution in [0.15, 0.2) is 18.2 Å². The fourth-order valence-electron chi connectivity index (χ4n) is 1.93. The Balaban J connectivity index is 2.06. The Morgan fingerprint density at radius 3 is 2.62 bits per heavy atom. The van der Waals surface area contributed by atoms with E-state index in [9.17, 15) is 14.4 Å². The molecule has 1 saturated heterocycles. The molecule has 4 N–H and O–H groups in total. The van der Waals surface area contributed by atoms with Crippen LogP contribution in [0.4, 0.5) is 16.2 Å². The minimum atomic E-state index is -1.00. The van der Waals surface area contributed by atoms with Crippen molar-refractivity contribution in [1.29, 1.82) is 0 Å². The zero-order chi connectivity index (χ0) is 15.8. The predicted octanol–water partition coefficient (Wildman–Crippen LogP) is 1.19. The number of imide groups is 1. The number of halogens is 1. The second-order valence-electron chi connectivity index (χ2n) is 5.23. The van der Waals surface area contributed by atoms with Gasteiger partial charge in [-0.15, -0.1) is 0 Å². The Bertz CT molecular complexity index is 630. The molecule has 0 aromatic heterocycles. The topological polar surface area (TPSA) is 105 Å². The summed E-state index contributed by atoms with van der Waals surface area (Å²) in [6.45, 7) is 2.76. The maximum Gasteiger partial charge on any atom is 0.325 e. The number of carbonyl (C=O) groups excluding carboxylic acids is 3. The normalized spacial score (nSPS) is 16.8. The molecule has 21 heavy (non-hydrogen) atoms. The summed E-state index contributed by atoms with van der Waals surface area (Å²) in [5, 5.41) is 5.31. The molecule has 4 amide bonds. The van der Waals surface area contributed by atoms with E-state index >= 15 is 0 Å². The van der Waals surface area contributed by atoms with Gasteiger partial charge in [0.05, 0.1) is 10.7 Å². The largest absolute Gasteiger partial charge is 0.399 e. The summed E-state index contributed by atoms with van der Waals surface area (Å²) < 4.78 is 0. The molecule has 7 nitrogen and oxygen atoms in total. The molecule has 1 aromatic rings. The van der Waals surface area contributed by atoms with Gasteiger partial charge in [-0.2, -0.15) is 0 Å². The Labute approximate surface area is 126 Å². The zero-order valence-corrected chi connectivity index (χ0v) is 12.3. The summed E-state index contributed by atoms with van der Waals surface area (Å²) in [7, 11) is 0. The van der Waals surface area contributed by atoms with Gasteiger partial charge in [-0.25, -0.2) is 4.79 Å². The molecular weight excluding hydrogens is 296 g/mol. The van der Waals surface area contributed by atoms with E-state index in [4.69, 9.17) is 17.3 Å². The number of rotatable bonds is 3. The van der Waals surface area contributed by atoms with Crippen LogP contribution in [0.5, 0.6) is 0 Å². The Morgan fingerprint density at radius 2 is 2.10 bits per heavy atom. The lowest BCUT2D eigenvalue weighted by Gasteiger charge is -2.16. The van der Waals surface area contributed by atoms with Crippen LogP contribution in [0.1, 0.15) is 13.8 Å². The zero-order valence-electron chi connectivity index (χ0n) is 11.6. The van der Waals surface area contributed by atoms with Crippen LogP contribution in [-0.2, 0) is 9.59 Å². The highest BCUT2D eigenvalue weighted by Crippen LogP contribution is 2.24. The third kappa shape index (κ3) is 3.08. The minimum Gasteiger partial charge on any atom is -0.399 e. The first-order chi connectivity index (χ1) is 9.70. The molecule has 1 aliphatic heterocycles. The Morgan fingerprint density at radius 1 is 1.43 bits per heavy atom. The quantitative estimate of drug-likeness (QED) is 0.576.